The molecule has 0 spiro atoms. The number of carbonyl (C=O) groups is 1. The second-order valence-corrected chi connectivity index (χ2v) is 6.55. The van der Waals surface area contributed by atoms with E-state index < -0.39 is 0 Å². The highest BCUT2D eigenvalue weighted by Gasteiger charge is 2.29. The number of likely N-dealkylation sites (tertiary alicyclic amines) is 1. The van der Waals surface area contributed by atoms with E-state index in [1.54, 1.807) is 0 Å². The summed E-state index contributed by atoms with van der Waals surface area (Å²) < 4.78 is 0. The first-order chi connectivity index (χ1) is 10.3. The van der Waals surface area contributed by atoms with Gasteiger partial charge in [0.1, 0.15) is 0 Å². The van der Waals surface area contributed by atoms with Crippen LogP contribution in [0.1, 0.15) is 44.1 Å². The van der Waals surface area contributed by atoms with Gasteiger partial charge in [0.15, 0.2) is 0 Å². The molecule has 2 fully saturated rings. The summed E-state index contributed by atoms with van der Waals surface area (Å²) in [6.07, 6.45) is 7.23. The number of amides is 1. The minimum absolute atomic E-state index is 0.190. The number of nitrogens with one attached hydrogen (secondary N) is 1. The molecule has 2 aliphatic rings. The summed E-state index contributed by atoms with van der Waals surface area (Å²) in [7, 11) is 0. The van der Waals surface area contributed by atoms with Crippen molar-refractivity contribution < 1.29 is 4.79 Å². The first-order valence-electron chi connectivity index (χ1n) is 8.38. The van der Waals surface area contributed by atoms with Gasteiger partial charge < -0.3 is 5.32 Å². The maximum atomic E-state index is 12.4. The molecule has 1 heterocycles. The van der Waals surface area contributed by atoms with E-state index in [2.05, 4.69) is 34.5 Å². The third kappa shape index (κ3) is 4.07. The van der Waals surface area contributed by atoms with Crippen molar-refractivity contribution in [1.82, 2.24) is 10.2 Å². The zero-order chi connectivity index (χ0) is 14.5. The van der Waals surface area contributed by atoms with Gasteiger partial charge in [0.25, 0.3) is 0 Å². The molecular weight excluding hydrogens is 260 g/mol. The molecule has 0 aromatic heterocycles. The van der Waals surface area contributed by atoms with Crippen molar-refractivity contribution in [3.8, 4) is 0 Å². The minimum Gasteiger partial charge on any atom is -0.353 e. The molecular formula is C18H26N2O. The van der Waals surface area contributed by atoms with E-state index in [9.17, 15) is 4.79 Å². The van der Waals surface area contributed by atoms with Crippen LogP contribution in [0.25, 0.3) is 0 Å². The molecule has 1 aliphatic carbocycles. The van der Waals surface area contributed by atoms with Gasteiger partial charge in [-0.15, -0.1) is 0 Å². The molecule has 1 atom stereocenters. The summed E-state index contributed by atoms with van der Waals surface area (Å²) in [6, 6.07) is 11.0. The first kappa shape index (κ1) is 14.6. The predicted octanol–water partition coefficient (Wildman–Crippen LogP) is 2.96. The average molecular weight is 286 g/mol. The Balaban J connectivity index is 1.46. The molecule has 1 aromatic rings. The predicted molar refractivity (Wildman–Crippen MR) is 84.8 cm³/mol. The van der Waals surface area contributed by atoms with Crippen molar-refractivity contribution in [3.63, 3.8) is 0 Å². The Bertz CT molecular complexity index is 454. The number of benzene rings is 1. The Morgan fingerprint density at radius 3 is 2.62 bits per heavy atom. The SMILES string of the molecule is O=C(NC1CCCCC1)C1CCN(Cc2ccccc2)C1. The molecule has 0 bridgehead atoms. The number of hydrogen-bond acceptors (Lipinski definition) is 2. The quantitative estimate of drug-likeness (QED) is 0.923. The van der Waals surface area contributed by atoms with Gasteiger partial charge in [0.2, 0.25) is 5.91 Å². The van der Waals surface area contributed by atoms with E-state index in [4.69, 9.17) is 0 Å². The Kier molecular flexibility index (Phi) is 4.91. The molecule has 1 N–H and O–H groups in total. The lowest BCUT2D eigenvalue weighted by Gasteiger charge is -2.24. The van der Waals surface area contributed by atoms with E-state index >= 15 is 0 Å². The normalized spacial score (nSPS) is 24.1. The van der Waals surface area contributed by atoms with E-state index in [1.165, 1.54) is 37.7 Å². The zero-order valence-corrected chi connectivity index (χ0v) is 12.8. The minimum atomic E-state index is 0.190. The van der Waals surface area contributed by atoms with Crippen LogP contribution < -0.4 is 5.32 Å². The van der Waals surface area contributed by atoms with E-state index in [-0.39, 0.29) is 11.8 Å². The number of carbonyl (C=O) groups excluding carboxylic acids is 1. The molecule has 3 nitrogen and oxygen atoms in total. The van der Waals surface area contributed by atoms with Gasteiger partial charge in [-0.3, -0.25) is 9.69 Å². The highest BCUT2D eigenvalue weighted by Crippen LogP contribution is 2.21. The second kappa shape index (κ2) is 7.08. The molecule has 1 amide bonds. The van der Waals surface area contributed by atoms with Crippen LogP contribution in [0.2, 0.25) is 0 Å². The van der Waals surface area contributed by atoms with Crippen molar-refractivity contribution in [2.45, 2.75) is 51.1 Å². The van der Waals surface area contributed by atoms with E-state index in [1.807, 2.05) is 6.07 Å². The summed E-state index contributed by atoms with van der Waals surface area (Å²) in [4.78, 5) is 14.8. The van der Waals surface area contributed by atoms with Gasteiger partial charge in [-0.05, 0) is 31.4 Å². The fourth-order valence-corrected chi connectivity index (χ4v) is 3.60. The lowest BCUT2D eigenvalue weighted by atomic mass is 9.95. The molecule has 1 aliphatic heterocycles. The average Bonchev–Trinajstić information content (AvgIpc) is 2.98. The van der Waals surface area contributed by atoms with Gasteiger partial charge >= 0.3 is 0 Å². The third-order valence-electron chi connectivity index (χ3n) is 4.84. The summed E-state index contributed by atoms with van der Waals surface area (Å²) in [6.45, 7) is 2.92. The van der Waals surface area contributed by atoms with Crippen LogP contribution in [-0.4, -0.2) is 29.9 Å². The van der Waals surface area contributed by atoms with Gasteiger partial charge in [-0.2, -0.15) is 0 Å². The highest BCUT2D eigenvalue weighted by atomic mass is 16.2. The maximum Gasteiger partial charge on any atom is 0.224 e. The summed E-state index contributed by atoms with van der Waals surface area (Å²) in [5.41, 5.74) is 1.34. The topological polar surface area (TPSA) is 32.3 Å². The van der Waals surface area contributed by atoms with Crippen LogP contribution >= 0.6 is 0 Å². The Labute approximate surface area is 127 Å². The number of nitrogens with zero attached hydrogens (tertiary/aromatic N) is 1. The van der Waals surface area contributed by atoms with Crippen LogP contribution in [0.15, 0.2) is 30.3 Å². The molecule has 3 rings (SSSR count). The monoisotopic (exact) mass is 286 g/mol. The van der Waals surface area contributed by atoms with Crippen LogP contribution in [0.3, 0.4) is 0 Å². The maximum absolute atomic E-state index is 12.4. The van der Waals surface area contributed by atoms with Gasteiger partial charge in [-0.25, -0.2) is 0 Å². The van der Waals surface area contributed by atoms with Crippen LogP contribution in [0.5, 0.6) is 0 Å². The van der Waals surface area contributed by atoms with Crippen molar-refractivity contribution >= 4 is 5.91 Å². The Morgan fingerprint density at radius 1 is 1.10 bits per heavy atom. The first-order valence-corrected chi connectivity index (χ1v) is 8.38. The Morgan fingerprint density at radius 2 is 1.86 bits per heavy atom. The van der Waals surface area contributed by atoms with Crippen molar-refractivity contribution in [2.24, 2.45) is 5.92 Å². The summed E-state index contributed by atoms with van der Waals surface area (Å²) in [5.74, 6) is 0.480. The lowest BCUT2D eigenvalue weighted by molar-refractivity contribution is -0.125. The Hall–Kier alpha value is -1.35. The van der Waals surface area contributed by atoms with Crippen LogP contribution in [0.4, 0.5) is 0 Å². The fourth-order valence-electron chi connectivity index (χ4n) is 3.60. The van der Waals surface area contributed by atoms with Crippen molar-refractivity contribution in [3.05, 3.63) is 35.9 Å². The van der Waals surface area contributed by atoms with E-state index in [0.29, 0.717) is 6.04 Å². The smallest absolute Gasteiger partial charge is 0.224 e. The van der Waals surface area contributed by atoms with Gasteiger partial charge in [0, 0.05) is 19.1 Å². The highest BCUT2D eigenvalue weighted by molar-refractivity contribution is 5.79. The summed E-state index contributed by atoms with van der Waals surface area (Å²) in [5, 5.41) is 3.28. The zero-order valence-electron chi connectivity index (χ0n) is 12.8. The molecule has 1 saturated carbocycles. The number of hydrogen-bond donors (Lipinski definition) is 1. The fraction of sp³-hybridized carbons (Fsp3) is 0.611. The molecule has 21 heavy (non-hydrogen) atoms. The van der Waals surface area contributed by atoms with Crippen molar-refractivity contribution in [2.75, 3.05) is 13.1 Å². The van der Waals surface area contributed by atoms with Gasteiger partial charge in [-0.1, -0.05) is 49.6 Å². The van der Waals surface area contributed by atoms with Crippen molar-refractivity contribution in [1.29, 1.82) is 0 Å². The lowest BCUT2D eigenvalue weighted by Crippen LogP contribution is -2.40. The number of rotatable bonds is 4. The molecule has 0 radical (unpaired) electrons. The largest absolute Gasteiger partial charge is 0.353 e. The molecule has 1 saturated heterocycles. The second-order valence-electron chi connectivity index (χ2n) is 6.55. The summed E-state index contributed by atoms with van der Waals surface area (Å²) >= 11 is 0. The molecule has 114 valence electrons. The van der Waals surface area contributed by atoms with Crippen LogP contribution in [0, 0.1) is 5.92 Å². The molecule has 3 heteroatoms. The molecule has 1 unspecified atom stereocenters. The van der Waals surface area contributed by atoms with E-state index in [0.717, 1.165) is 26.1 Å². The third-order valence-corrected chi connectivity index (χ3v) is 4.84. The molecule has 1 aromatic carbocycles. The van der Waals surface area contributed by atoms with Crippen LogP contribution in [-0.2, 0) is 11.3 Å². The standard InChI is InChI=1S/C18H26N2O/c21-18(19-17-9-5-2-6-10-17)16-11-12-20(14-16)13-15-7-3-1-4-8-15/h1,3-4,7-8,16-17H,2,5-6,9-14H2,(H,19,21). The van der Waals surface area contributed by atoms with Gasteiger partial charge in [0.05, 0.1) is 5.92 Å².